The van der Waals surface area contributed by atoms with Gasteiger partial charge in [0.05, 0.1) is 22.1 Å². The first-order valence-corrected chi connectivity index (χ1v) is 10.0. The molecule has 7 nitrogen and oxygen atoms in total. The lowest BCUT2D eigenvalue weighted by Crippen LogP contribution is -2.30. The Morgan fingerprint density at radius 3 is 2.73 bits per heavy atom. The molecule has 1 atom stereocenters. The van der Waals surface area contributed by atoms with E-state index in [0.29, 0.717) is 16.7 Å². The number of Topliss-reactive ketones (excluding diaryl/α,β-unsaturated/α-hetero) is 1. The van der Waals surface area contributed by atoms with E-state index >= 15 is 0 Å². The van der Waals surface area contributed by atoms with Gasteiger partial charge >= 0.3 is 0 Å². The Labute approximate surface area is 174 Å². The molecule has 150 valence electrons. The number of aromatic nitrogens is 1. The summed E-state index contributed by atoms with van der Waals surface area (Å²) >= 11 is 1.31. The van der Waals surface area contributed by atoms with Gasteiger partial charge in [0.1, 0.15) is 17.6 Å². The molecular weight excluding hydrogens is 404 g/mol. The maximum atomic E-state index is 13.2. The zero-order valence-corrected chi connectivity index (χ0v) is 16.9. The van der Waals surface area contributed by atoms with Crippen LogP contribution in [-0.2, 0) is 4.79 Å². The van der Waals surface area contributed by atoms with E-state index in [1.54, 1.807) is 25.1 Å². The van der Waals surface area contributed by atoms with Crippen molar-refractivity contribution in [3.05, 3.63) is 82.9 Å². The van der Waals surface area contributed by atoms with Crippen molar-refractivity contribution >= 4 is 38.4 Å². The number of amides is 1. The number of nitrogens with zero attached hydrogens (tertiary/aromatic N) is 2. The van der Waals surface area contributed by atoms with Gasteiger partial charge < -0.3 is 13.9 Å². The van der Waals surface area contributed by atoms with Crippen molar-refractivity contribution in [2.24, 2.45) is 0 Å². The number of aliphatic hydroxyl groups excluding tert-OH is 1. The second-order valence-electron chi connectivity index (χ2n) is 7.06. The average molecular weight is 420 g/mol. The van der Waals surface area contributed by atoms with Crippen LogP contribution in [0.15, 0.2) is 68.9 Å². The SMILES string of the molecule is Cc1ccc2nc(N3C(=O)C(O)=C(C(=O)c4ccc(C)o4)[C@H]3c3ccco3)sc2c1. The van der Waals surface area contributed by atoms with E-state index in [-0.39, 0.29) is 11.3 Å². The van der Waals surface area contributed by atoms with Crippen molar-refractivity contribution in [3.63, 3.8) is 0 Å². The summed E-state index contributed by atoms with van der Waals surface area (Å²) in [5.74, 6) is -0.982. The molecule has 0 unspecified atom stereocenters. The number of carbonyl (C=O) groups excluding carboxylic acids is 2. The lowest BCUT2D eigenvalue weighted by atomic mass is 10.00. The van der Waals surface area contributed by atoms with Crippen LogP contribution < -0.4 is 4.90 Å². The molecule has 5 rings (SSSR count). The summed E-state index contributed by atoms with van der Waals surface area (Å²) < 4.78 is 11.9. The van der Waals surface area contributed by atoms with Gasteiger partial charge in [0.2, 0.25) is 5.78 Å². The van der Waals surface area contributed by atoms with E-state index in [0.717, 1.165) is 15.8 Å². The van der Waals surface area contributed by atoms with Crippen LogP contribution in [0.25, 0.3) is 10.2 Å². The predicted molar refractivity (Wildman–Crippen MR) is 111 cm³/mol. The van der Waals surface area contributed by atoms with E-state index in [1.165, 1.54) is 28.6 Å². The number of ketones is 1. The fourth-order valence-corrected chi connectivity index (χ4v) is 4.65. The van der Waals surface area contributed by atoms with Gasteiger partial charge in [0.25, 0.3) is 5.91 Å². The molecule has 0 aliphatic carbocycles. The molecular formula is C22H16N2O5S. The number of benzene rings is 1. The molecule has 1 N–H and O–H groups in total. The maximum absolute atomic E-state index is 13.2. The zero-order valence-electron chi connectivity index (χ0n) is 16.1. The van der Waals surface area contributed by atoms with E-state index in [1.807, 2.05) is 25.1 Å². The smallest absolute Gasteiger partial charge is 0.296 e. The van der Waals surface area contributed by atoms with Gasteiger partial charge in [-0.3, -0.25) is 14.5 Å². The van der Waals surface area contributed by atoms with Crippen molar-refractivity contribution in [2.45, 2.75) is 19.9 Å². The van der Waals surface area contributed by atoms with E-state index in [9.17, 15) is 14.7 Å². The lowest BCUT2D eigenvalue weighted by molar-refractivity contribution is -0.117. The summed E-state index contributed by atoms with van der Waals surface area (Å²) in [5.41, 5.74) is 1.70. The van der Waals surface area contributed by atoms with Crippen LogP contribution in [-0.4, -0.2) is 21.8 Å². The molecule has 0 saturated heterocycles. The van der Waals surface area contributed by atoms with Crippen LogP contribution in [0, 0.1) is 13.8 Å². The van der Waals surface area contributed by atoms with Gasteiger partial charge in [0, 0.05) is 0 Å². The summed E-state index contributed by atoms with van der Waals surface area (Å²) in [7, 11) is 0. The van der Waals surface area contributed by atoms with Gasteiger partial charge in [-0.15, -0.1) is 0 Å². The summed E-state index contributed by atoms with van der Waals surface area (Å²) in [6.07, 6.45) is 1.45. The number of aryl methyl sites for hydroxylation is 2. The Balaban J connectivity index is 1.66. The minimum absolute atomic E-state index is 0.0418. The monoisotopic (exact) mass is 420 g/mol. The van der Waals surface area contributed by atoms with Crippen LogP contribution >= 0.6 is 11.3 Å². The normalized spacial score (nSPS) is 16.8. The molecule has 0 spiro atoms. The van der Waals surface area contributed by atoms with Crippen LogP contribution in [0.5, 0.6) is 0 Å². The summed E-state index contributed by atoms with van der Waals surface area (Å²) in [5, 5.41) is 11.0. The largest absolute Gasteiger partial charge is 0.503 e. The number of furan rings is 2. The third kappa shape index (κ3) is 2.76. The minimum Gasteiger partial charge on any atom is -0.503 e. The molecule has 1 aromatic carbocycles. The number of carbonyl (C=O) groups is 2. The zero-order chi connectivity index (χ0) is 21.0. The van der Waals surface area contributed by atoms with E-state index in [2.05, 4.69) is 4.98 Å². The van der Waals surface area contributed by atoms with Crippen LogP contribution in [0.4, 0.5) is 5.13 Å². The fraction of sp³-hybridized carbons (Fsp3) is 0.136. The summed E-state index contributed by atoms with van der Waals surface area (Å²) in [4.78, 5) is 32.1. The number of hydrogen-bond donors (Lipinski definition) is 1. The van der Waals surface area contributed by atoms with E-state index in [4.69, 9.17) is 8.83 Å². The molecule has 1 aliphatic rings. The third-order valence-corrected chi connectivity index (χ3v) is 5.99. The molecule has 0 fully saturated rings. The highest BCUT2D eigenvalue weighted by molar-refractivity contribution is 7.22. The first-order chi connectivity index (χ1) is 14.4. The van der Waals surface area contributed by atoms with Crippen molar-refractivity contribution in [1.29, 1.82) is 0 Å². The first-order valence-electron chi connectivity index (χ1n) is 9.22. The van der Waals surface area contributed by atoms with Crippen molar-refractivity contribution in [1.82, 2.24) is 4.98 Å². The summed E-state index contributed by atoms with van der Waals surface area (Å²) in [6.45, 7) is 3.69. The second-order valence-corrected chi connectivity index (χ2v) is 8.07. The number of thiazole rings is 1. The maximum Gasteiger partial charge on any atom is 0.296 e. The molecule has 30 heavy (non-hydrogen) atoms. The Morgan fingerprint density at radius 1 is 1.20 bits per heavy atom. The highest BCUT2D eigenvalue weighted by atomic mass is 32.1. The van der Waals surface area contributed by atoms with E-state index < -0.39 is 23.5 Å². The Hall–Kier alpha value is -3.65. The number of fused-ring (bicyclic) bond motifs is 1. The molecule has 1 aliphatic heterocycles. The number of rotatable bonds is 4. The molecule has 0 saturated carbocycles. The highest BCUT2D eigenvalue weighted by Crippen LogP contribution is 2.44. The molecule has 1 amide bonds. The van der Waals surface area contributed by atoms with Gasteiger partial charge in [0.15, 0.2) is 16.7 Å². The molecule has 4 heterocycles. The van der Waals surface area contributed by atoms with Crippen LogP contribution in [0.3, 0.4) is 0 Å². The number of hydrogen-bond acceptors (Lipinski definition) is 7. The van der Waals surface area contributed by atoms with Crippen LogP contribution in [0.2, 0.25) is 0 Å². The fourth-order valence-electron chi connectivity index (χ4n) is 3.56. The number of aliphatic hydroxyl groups is 1. The van der Waals surface area contributed by atoms with Crippen molar-refractivity contribution in [3.8, 4) is 0 Å². The van der Waals surface area contributed by atoms with Crippen molar-refractivity contribution < 1.29 is 23.5 Å². The predicted octanol–water partition coefficient (Wildman–Crippen LogP) is 4.88. The second kappa shape index (κ2) is 6.70. The molecule has 0 bridgehead atoms. The average Bonchev–Trinajstić information content (AvgIpc) is 3.49. The Morgan fingerprint density at radius 2 is 2.03 bits per heavy atom. The molecule has 4 aromatic rings. The molecule has 8 heteroatoms. The topological polar surface area (TPSA) is 96.8 Å². The van der Waals surface area contributed by atoms with Gasteiger partial charge in [-0.05, 0) is 55.8 Å². The Kier molecular flexibility index (Phi) is 4.11. The Bertz CT molecular complexity index is 1330. The lowest BCUT2D eigenvalue weighted by Gasteiger charge is -2.21. The van der Waals surface area contributed by atoms with Crippen LogP contribution in [0.1, 0.15) is 33.7 Å². The standard InChI is InChI=1S/C22H16N2O5S/c1-11-5-7-13-16(10-11)30-22(23-13)24-18(14-4-3-9-28-14)17(20(26)21(24)27)19(25)15-8-6-12(2)29-15/h3-10,18,26H,1-2H3/t18-/m1/s1. The molecule has 3 aromatic heterocycles. The number of anilines is 1. The third-order valence-electron chi connectivity index (χ3n) is 4.97. The van der Waals surface area contributed by atoms with Crippen molar-refractivity contribution in [2.75, 3.05) is 4.90 Å². The van der Waals surface area contributed by atoms with Gasteiger partial charge in [-0.1, -0.05) is 17.4 Å². The van der Waals surface area contributed by atoms with Gasteiger partial charge in [-0.2, -0.15) is 0 Å². The highest BCUT2D eigenvalue weighted by Gasteiger charge is 2.47. The van der Waals surface area contributed by atoms with Gasteiger partial charge in [-0.25, -0.2) is 4.98 Å². The minimum atomic E-state index is -0.952. The first kappa shape index (κ1) is 18.4. The quantitative estimate of drug-likeness (QED) is 0.473. The summed E-state index contributed by atoms with van der Waals surface area (Å²) in [6, 6.07) is 11.3. The molecule has 0 radical (unpaired) electrons.